The zero-order valence-electron chi connectivity index (χ0n) is 11.6. The van der Waals surface area contributed by atoms with Crippen molar-refractivity contribution in [2.75, 3.05) is 0 Å². The molecular formula is C17H24O. The summed E-state index contributed by atoms with van der Waals surface area (Å²) in [5, 5.41) is 0. The van der Waals surface area contributed by atoms with Crippen molar-refractivity contribution in [1.82, 2.24) is 0 Å². The number of ether oxygens (including phenoxy) is 1. The third-order valence-electron chi connectivity index (χ3n) is 3.59. The van der Waals surface area contributed by atoms with E-state index in [4.69, 9.17) is 4.74 Å². The Kier molecular flexibility index (Phi) is 4.86. The van der Waals surface area contributed by atoms with Gasteiger partial charge in [-0.3, -0.25) is 0 Å². The summed E-state index contributed by atoms with van der Waals surface area (Å²) >= 11 is 0. The maximum absolute atomic E-state index is 5.87. The molecule has 0 fully saturated rings. The van der Waals surface area contributed by atoms with Gasteiger partial charge < -0.3 is 4.74 Å². The Bertz CT molecular complexity index is 389. The van der Waals surface area contributed by atoms with Gasteiger partial charge in [0.25, 0.3) is 0 Å². The van der Waals surface area contributed by atoms with Crippen molar-refractivity contribution in [1.29, 1.82) is 0 Å². The highest BCUT2D eigenvalue weighted by molar-refractivity contribution is 5.25. The van der Waals surface area contributed by atoms with Gasteiger partial charge in [0.1, 0.15) is 6.10 Å². The normalized spacial score (nSPS) is 19.2. The molecule has 1 aliphatic rings. The van der Waals surface area contributed by atoms with E-state index in [0.717, 1.165) is 6.42 Å². The average molecular weight is 244 g/mol. The monoisotopic (exact) mass is 244 g/mol. The van der Waals surface area contributed by atoms with Gasteiger partial charge in [0.2, 0.25) is 0 Å². The van der Waals surface area contributed by atoms with Crippen molar-refractivity contribution >= 4 is 0 Å². The van der Waals surface area contributed by atoms with Crippen molar-refractivity contribution in [3.63, 3.8) is 0 Å². The zero-order valence-corrected chi connectivity index (χ0v) is 11.6. The topological polar surface area (TPSA) is 9.23 Å². The molecule has 0 spiro atoms. The lowest BCUT2D eigenvalue weighted by atomic mass is 9.96. The minimum Gasteiger partial charge on any atom is -0.493 e. The SMILES string of the molecule is CCCC1=COC(c2ccc(CCC)cc2)CC1. The van der Waals surface area contributed by atoms with E-state index in [0.29, 0.717) is 0 Å². The van der Waals surface area contributed by atoms with Crippen LogP contribution in [0.25, 0.3) is 0 Å². The second kappa shape index (κ2) is 6.63. The van der Waals surface area contributed by atoms with Crippen LogP contribution in [0.4, 0.5) is 0 Å². The van der Waals surface area contributed by atoms with Gasteiger partial charge in [0, 0.05) is 0 Å². The number of hydrogen-bond acceptors (Lipinski definition) is 1. The maximum Gasteiger partial charge on any atom is 0.123 e. The molecule has 1 aliphatic heterocycles. The molecule has 0 saturated carbocycles. The average Bonchev–Trinajstić information content (AvgIpc) is 2.41. The molecule has 0 radical (unpaired) electrons. The molecule has 1 nitrogen and oxygen atoms in total. The Morgan fingerprint density at radius 1 is 1.06 bits per heavy atom. The van der Waals surface area contributed by atoms with Crippen molar-refractivity contribution in [3.05, 3.63) is 47.2 Å². The van der Waals surface area contributed by atoms with Gasteiger partial charge in [-0.05, 0) is 42.4 Å². The lowest BCUT2D eigenvalue weighted by Crippen LogP contribution is -2.07. The smallest absolute Gasteiger partial charge is 0.123 e. The fourth-order valence-corrected chi connectivity index (χ4v) is 2.56. The van der Waals surface area contributed by atoms with E-state index in [1.807, 2.05) is 6.26 Å². The van der Waals surface area contributed by atoms with E-state index in [2.05, 4.69) is 38.1 Å². The largest absolute Gasteiger partial charge is 0.493 e. The van der Waals surface area contributed by atoms with Crippen molar-refractivity contribution in [2.45, 2.75) is 58.5 Å². The van der Waals surface area contributed by atoms with E-state index in [1.165, 1.54) is 48.8 Å². The van der Waals surface area contributed by atoms with E-state index < -0.39 is 0 Å². The summed E-state index contributed by atoms with van der Waals surface area (Å²) in [5.74, 6) is 0. The van der Waals surface area contributed by atoms with Crippen LogP contribution in [0.3, 0.4) is 0 Å². The van der Waals surface area contributed by atoms with Crippen LogP contribution in [-0.2, 0) is 11.2 Å². The molecule has 1 unspecified atom stereocenters. The summed E-state index contributed by atoms with van der Waals surface area (Å²) in [4.78, 5) is 0. The summed E-state index contributed by atoms with van der Waals surface area (Å²) in [5.41, 5.74) is 4.22. The second-order valence-corrected chi connectivity index (χ2v) is 5.18. The Morgan fingerprint density at radius 3 is 2.33 bits per heavy atom. The van der Waals surface area contributed by atoms with Gasteiger partial charge >= 0.3 is 0 Å². The van der Waals surface area contributed by atoms with Crippen LogP contribution in [-0.4, -0.2) is 0 Å². The lowest BCUT2D eigenvalue weighted by molar-refractivity contribution is 0.119. The number of benzene rings is 1. The van der Waals surface area contributed by atoms with Crippen LogP contribution in [0.1, 0.15) is 63.2 Å². The molecule has 0 aromatic heterocycles. The minimum atomic E-state index is 0.265. The van der Waals surface area contributed by atoms with Gasteiger partial charge in [-0.2, -0.15) is 0 Å². The summed E-state index contributed by atoms with van der Waals surface area (Å²) in [6, 6.07) is 8.95. The summed E-state index contributed by atoms with van der Waals surface area (Å²) in [6.45, 7) is 4.44. The molecule has 0 bridgehead atoms. The zero-order chi connectivity index (χ0) is 12.8. The van der Waals surface area contributed by atoms with Crippen LogP contribution < -0.4 is 0 Å². The maximum atomic E-state index is 5.87. The number of hydrogen-bond donors (Lipinski definition) is 0. The first-order valence-corrected chi connectivity index (χ1v) is 7.25. The fourth-order valence-electron chi connectivity index (χ4n) is 2.56. The summed E-state index contributed by atoms with van der Waals surface area (Å²) < 4.78 is 5.87. The molecule has 98 valence electrons. The quantitative estimate of drug-likeness (QED) is 0.694. The van der Waals surface area contributed by atoms with Gasteiger partial charge in [0.05, 0.1) is 6.26 Å². The molecule has 1 heteroatoms. The van der Waals surface area contributed by atoms with Crippen molar-refractivity contribution in [3.8, 4) is 0 Å². The van der Waals surface area contributed by atoms with E-state index >= 15 is 0 Å². The molecule has 1 heterocycles. The molecule has 1 atom stereocenters. The van der Waals surface area contributed by atoms with Crippen LogP contribution in [0.5, 0.6) is 0 Å². The Hall–Kier alpha value is -1.24. The van der Waals surface area contributed by atoms with Gasteiger partial charge in [0.15, 0.2) is 0 Å². The van der Waals surface area contributed by atoms with E-state index in [1.54, 1.807) is 0 Å². The van der Waals surface area contributed by atoms with Crippen molar-refractivity contribution in [2.24, 2.45) is 0 Å². The minimum absolute atomic E-state index is 0.265. The summed E-state index contributed by atoms with van der Waals surface area (Å²) in [7, 11) is 0. The second-order valence-electron chi connectivity index (χ2n) is 5.18. The molecule has 1 aromatic carbocycles. The molecule has 18 heavy (non-hydrogen) atoms. The fraction of sp³-hybridized carbons (Fsp3) is 0.529. The van der Waals surface area contributed by atoms with Gasteiger partial charge in [-0.1, -0.05) is 51.0 Å². The molecular weight excluding hydrogens is 220 g/mol. The van der Waals surface area contributed by atoms with E-state index in [9.17, 15) is 0 Å². The van der Waals surface area contributed by atoms with Crippen molar-refractivity contribution < 1.29 is 4.74 Å². The molecule has 0 amide bonds. The molecule has 0 N–H and O–H groups in total. The standard InChI is InChI=1S/C17H24O/c1-3-5-14-7-10-16(11-8-14)17-12-9-15(6-4-2)13-18-17/h7-8,10-11,13,17H,3-6,9,12H2,1-2H3. The predicted octanol–water partition coefficient (Wildman–Crippen LogP) is 5.17. The van der Waals surface area contributed by atoms with Crippen LogP contribution in [0.2, 0.25) is 0 Å². The lowest BCUT2D eigenvalue weighted by Gasteiger charge is -2.23. The third-order valence-corrected chi connectivity index (χ3v) is 3.59. The van der Waals surface area contributed by atoms with Gasteiger partial charge in [-0.15, -0.1) is 0 Å². The van der Waals surface area contributed by atoms with Gasteiger partial charge in [-0.25, -0.2) is 0 Å². The number of allylic oxidation sites excluding steroid dienone is 1. The Balaban J connectivity index is 1.96. The Morgan fingerprint density at radius 2 is 1.78 bits per heavy atom. The number of aryl methyl sites for hydroxylation is 1. The Labute approximate surface area is 111 Å². The molecule has 0 aliphatic carbocycles. The first-order chi connectivity index (χ1) is 8.83. The number of rotatable bonds is 5. The third kappa shape index (κ3) is 3.38. The first-order valence-electron chi connectivity index (χ1n) is 7.25. The van der Waals surface area contributed by atoms with E-state index in [-0.39, 0.29) is 6.10 Å². The molecule has 0 saturated heterocycles. The summed E-state index contributed by atoms with van der Waals surface area (Å²) in [6.07, 6.45) is 9.36. The predicted molar refractivity (Wildman–Crippen MR) is 76.5 cm³/mol. The molecule has 2 rings (SSSR count). The van der Waals surface area contributed by atoms with Crippen LogP contribution in [0, 0.1) is 0 Å². The van der Waals surface area contributed by atoms with Crippen LogP contribution >= 0.6 is 0 Å². The highest BCUT2D eigenvalue weighted by Gasteiger charge is 2.16. The highest BCUT2D eigenvalue weighted by atomic mass is 16.5. The molecule has 1 aromatic rings. The first kappa shape index (κ1) is 13.2. The van der Waals surface area contributed by atoms with Crippen LogP contribution in [0.15, 0.2) is 36.1 Å². The highest BCUT2D eigenvalue weighted by Crippen LogP contribution is 2.31.